The normalized spacial score (nSPS) is 10.8. The van der Waals surface area contributed by atoms with Gasteiger partial charge in [0, 0.05) is 17.4 Å². The molecule has 1 amide bonds. The van der Waals surface area contributed by atoms with Crippen LogP contribution in [0.3, 0.4) is 0 Å². The van der Waals surface area contributed by atoms with Gasteiger partial charge in [-0.3, -0.25) is 14.4 Å². The molecule has 172 valence electrons. The summed E-state index contributed by atoms with van der Waals surface area (Å²) in [6.45, 7) is 1.97. The summed E-state index contributed by atoms with van der Waals surface area (Å²) < 4.78 is 33.4. The van der Waals surface area contributed by atoms with Crippen LogP contribution < -0.4 is 15.5 Å². The molecule has 1 heterocycles. The number of fused-ring (bicyclic) bond motifs is 1. The summed E-state index contributed by atoms with van der Waals surface area (Å²) in [5.74, 6) is -1.53. The van der Waals surface area contributed by atoms with Crippen LogP contribution in [-0.2, 0) is 11.3 Å². The van der Waals surface area contributed by atoms with Gasteiger partial charge in [-0.15, -0.1) is 0 Å². The Hall–Kier alpha value is -4.33. The van der Waals surface area contributed by atoms with Crippen molar-refractivity contribution in [3.63, 3.8) is 0 Å². The molecule has 0 spiro atoms. The fourth-order valence-corrected chi connectivity index (χ4v) is 3.57. The van der Waals surface area contributed by atoms with Crippen LogP contribution in [0.25, 0.3) is 10.9 Å². The molecule has 8 heteroatoms. The molecule has 1 aromatic heterocycles. The highest BCUT2D eigenvalue weighted by atomic mass is 19.1. The van der Waals surface area contributed by atoms with E-state index in [-0.39, 0.29) is 23.1 Å². The predicted octanol–water partition coefficient (Wildman–Crippen LogP) is 4.55. The van der Waals surface area contributed by atoms with Crippen LogP contribution in [0.4, 0.5) is 14.5 Å². The summed E-state index contributed by atoms with van der Waals surface area (Å²) in [7, 11) is 0. The molecule has 0 aliphatic rings. The number of hydrogen-bond acceptors (Lipinski definition) is 4. The van der Waals surface area contributed by atoms with Crippen LogP contribution in [0, 0.1) is 11.6 Å². The lowest BCUT2D eigenvalue weighted by Gasteiger charge is -2.14. The summed E-state index contributed by atoms with van der Waals surface area (Å²) in [6, 6.07) is 15.0. The number of ketones is 1. The number of hydrogen-bond donors (Lipinski definition) is 1. The van der Waals surface area contributed by atoms with Crippen LogP contribution in [0.5, 0.6) is 5.75 Å². The topological polar surface area (TPSA) is 77.4 Å². The number of carbonyl (C=O) groups is 2. The van der Waals surface area contributed by atoms with E-state index in [4.69, 9.17) is 4.74 Å². The minimum atomic E-state index is -0.596. The molecule has 4 rings (SSSR count). The third-order valence-corrected chi connectivity index (χ3v) is 5.16. The number of nitrogens with one attached hydrogen (secondary N) is 1. The van der Waals surface area contributed by atoms with Crippen molar-refractivity contribution in [2.45, 2.75) is 13.5 Å². The van der Waals surface area contributed by atoms with E-state index < -0.39 is 28.8 Å². The number of aromatic nitrogens is 1. The lowest BCUT2D eigenvalue weighted by molar-refractivity contribution is -0.116. The fraction of sp³-hybridized carbons (Fsp3) is 0.115. The molecule has 0 fully saturated rings. The smallest absolute Gasteiger partial charge is 0.244 e. The maximum Gasteiger partial charge on any atom is 0.244 e. The van der Waals surface area contributed by atoms with Gasteiger partial charge in [-0.05, 0) is 73.7 Å². The highest BCUT2D eigenvalue weighted by Gasteiger charge is 2.19. The number of benzene rings is 3. The number of pyridine rings is 1. The molecule has 0 saturated heterocycles. The number of rotatable bonds is 7. The van der Waals surface area contributed by atoms with E-state index >= 15 is 0 Å². The maximum absolute atomic E-state index is 13.3. The van der Waals surface area contributed by atoms with Gasteiger partial charge < -0.3 is 14.6 Å². The average Bonchev–Trinajstić information content (AvgIpc) is 2.82. The standard InChI is InChI=1S/C26H20F2N2O4/c1-2-34-20-11-12-23-21(13-20)26(33)22(25(32)16-3-5-17(27)6-4-16)14-30(23)15-24(31)29-19-9-7-18(28)8-10-19/h3-14H,2,15H2,1H3,(H,29,31). The monoisotopic (exact) mass is 462 g/mol. The molecular formula is C26H20F2N2O4. The summed E-state index contributed by atoms with van der Waals surface area (Å²) >= 11 is 0. The van der Waals surface area contributed by atoms with Gasteiger partial charge in [0.1, 0.15) is 23.9 Å². The van der Waals surface area contributed by atoms with Gasteiger partial charge in [-0.2, -0.15) is 0 Å². The first-order valence-corrected chi connectivity index (χ1v) is 10.5. The molecule has 3 aromatic carbocycles. The van der Waals surface area contributed by atoms with E-state index in [2.05, 4.69) is 5.32 Å². The van der Waals surface area contributed by atoms with E-state index in [1.807, 2.05) is 0 Å². The molecule has 0 aliphatic carbocycles. The zero-order valence-corrected chi connectivity index (χ0v) is 18.2. The van der Waals surface area contributed by atoms with Gasteiger partial charge in [0.2, 0.25) is 11.3 Å². The van der Waals surface area contributed by atoms with Crippen molar-refractivity contribution >= 4 is 28.3 Å². The first-order valence-electron chi connectivity index (χ1n) is 10.5. The molecule has 34 heavy (non-hydrogen) atoms. The van der Waals surface area contributed by atoms with Crippen molar-refractivity contribution in [2.75, 3.05) is 11.9 Å². The third kappa shape index (κ3) is 4.85. The molecule has 0 aliphatic heterocycles. The number of nitrogens with zero attached hydrogens (tertiary/aromatic N) is 1. The minimum Gasteiger partial charge on any atom is -0.494 e. The molecule has 0 unspecified atom stereocenters. The van der Waals surface area contributed by atoms with Gasteiger partial charge in [0.05, 0.1) is 23.1 Å². The summed E-state index contributed by atoms with van der Waals surface area (Å²) in [4.78, 5) is 39.0. The molecule has 6 nitrogen and oxygen atoms in total. The molecule has 4 aromatic rings. The Morgan fingerprint density at radius 1 is 0.941 bits per heavy atom. The SMILES string of the molecule is CCOc1ccc2c(c1)c(=O)c(C(=O)c1ccc(F)cc1)cn2CC(=O)Nc1ccc(F)cc1. The first-order chi connectivity index (χ1) is 16.4. The lowest BCUT2D eigenvalue weighted by atomic mass is 10.0. The van der Waals surface area contributed by atoms with Crippen LogP contribution >= 0.6 is 0 Å². The Morgan fingerprint density at radius 3 is 2.24 bits per heavy atom. The zero-order chi connectivity index (χ0) is 24.2. The van der Waals surface area contributed by atoms with Gasteiger partial charge >= 0.3 is 0 Å². The van der Waals surface area contributed by atoms with E-state index in [1.165, 1.54) is 53.2 Å². The number of ether oxygens (including phenoxy) is 1. The Kier molecular flexibility index (Phi) is 6.49. The second-order valence-electron chi connectivity index (χ2n) is 7.50. The van der Waals surface area contributed by atoms with Crippen LogP contribution in [0.2, 0.25) is 0 Å². The first kappa shape index (κ1) is 22.8. The third-order valence-electron chi connectivity index (χ3n) is 5.16. The van der Waals surface area contributed by atoms with Gasteiger partial charge in [0.25, 0.3) is 0 Å². The van der Waals surface area contributed by atoms with Crippen molar-refractivity contribution in [3.05, 3.63) is 106 Å². The summed E-state index contributed by atoms with van der Waals surface area (Å²) in [6.07, 6.45) is 1.32. The minimum absolute atomic E-state index is 0.140. The molecule has 0 atom stereocenters. The lowest BCUT2D eigenvalue weighted by Crippen LogP contribution is -2.24. The molecular weight excluding hydrogens is 442 g/mol. The van der Waals surface area contributed by atoms with E-state index in [0.717, 1.165) is 12.1 Å². The van der Waals surface area contributed by atoms with Gasteiger partial charge in [0.15, 0.2) is 5.78 Å². The number of anilines is 1. The fourth-order valence-electron chi connectivity index (χ4n) is 3.57. The molecule has 0 bridgehead atoms. The van der Waals surface area contributed by atoms with Crippen molar-refractivity contribution in [2.24, 2.45) is 0 Å². The van der Waals surface area contributed by atoms with Crippen molar-refractivity contribution in [3.8, 4) is 5.75 Å². The highest BCUT2D eigenvalue weighted by molar-refractivity contribution is 6.10. The van der Waals surface area contributed by atoms with E-state index in [9.17, 15) is 23.2 Å². The van der Waals surface area contributed by atoms with Crippen molar-refractivity contribution in [1.29, 1.82) is 0 Å². The van der Waals surface area contributed by atoms with Gasteiger partial charge in [-0.25, -0.2) is 8.78 Å². The van der Waals surface area contributed by atoms with Crippen LogP contribution in [0.1, 0.15) is 22.8 Å². The molecule has 0 radical (unpaired) electrons. The van der Waals surface area contributed by atoms with E-state index in [1.54, 1.807) is 19.1 Å². The van der Waals surface area contributed by atoms with Gasteiger partial charge in [-0.1, -0.05) is 0 Å². The second-order valence-corrected chi connectivity index (χ2v) is 7.50. The van der Waals surface area contributed by atoms with Crippen molar-refractivity contribution in [1.82, 2.24) is 4.57 Å². The largest absolute Gasteiger partial charge is 0.494 e. The van der Waals surface area contributed by atoms with E-state index in [0.29, 0.717) is 23.6 Å². The summed E-state index contributed by atoms with van der Waals surface area (Å²) in [5, 5.41) is 2.86. The Balaban J connectivity index is 1.77. The van der Waals surface area contributed by atoms with Crippen LogP contribution in [-0.4, -0.2) is 22.9 Å². The second kappa shape index (κ2) is 9.66. The number of carbonyl (C=O) groups excluding carboxylic acids is 2. The quantitative estimate of drug-likeness (QED) is 0.409. The molecule has 1 N–H and O–H groups in total. The zero-order valence-electron chi connectivity index (χ0n) is 18.2. The summed E-state index contributed by atoms with van der Waals surface area (Å²) in [5.41, 5.74) is 0.279. The Bertz CT molecular complexity index is 1430. The van der Waals surface area contributed by atoms with Crippen LogP contribution in [0.15, 0.2) is 77.7 Å². The highest BCUT2D eigenvalue weighted by Crippen LogP contribution is 2.21. The number of amides is 1. The predicted molar refractivity (Wildman–Crippen MR) is 124 cm³/mol. The Morgan fingerprint density at radius 2 is 1.59 bits per heavy atom. The maximum atomic E-state index is 13.3. The molecule has 0 saturated carbocycles. The average molecular weight is 462 g/mol. The van der Waals surface area contributed by atoms with Crippen molar-refractivity contribution < 1.29 is 23.1 Å². The Labute approximate surface area is 193 Å². The number of halogens is 2.